The van der Waals surface area contributed by atoms with Gasteiger partial charge in [-0.05, 0) is 31.4 Å². The lowest BCUT2D eigenvalue weighted by atomic mass is 9.87. The minimum absolute atomic E-state index is 0.133. The van der Waals surface area contributed by atoms with E-state index in [1.807, 2.05) is 6.07 Å². The van der Waals surface area contributed by atoms with Crippen molar-refractivity contribution in [2.75, 3.05) is 0 Å². The highest BCUT2D eigenvalue weighted by molar-refractivity contribution is 6.25. The number of benzene rings is 1. The second-order valence-electron chi connectivity index (χ2n) is 4.62. The third-order valence-corrected chi connectivity index (χ3v) is 3.30. The first-order valence-electron chi connectivity index (χ1n) is 6.18. The van der Waals surface area contributed by atoms with Crippen LogP contribution in [-0.4, -0.2) is 16.7 Å². The Labute approximate surface area is 106 Å². The lowest BCUT2D eigenvalue weighted by molar-refractivity contribution is 0.0929. The summed E-state index contributed by atoms with van der Waals surface area (Å²) in [5.41, 5.74) is 1.89. The van der Waals surface area contributed by atoms with E-state index in [1.54, 1.807) is 12.1 Å². The van der Waals surface area contributed by atoms with Crippen LogP contribution in [0.25, 0.3) is 0 Å². The summed E-state index contributed by atoms with van der Waals surface area (Å²) in [7, 11) is 0. The maximum absolute atomic E-state index is 11.9. The Hall–Kier alpha value is -1.90. The van der Waals surface area contributed by atoms with Crippen LogP contribution in [0.1, 0.15) is 53.0 Å². The highest BCUT2D eigenvalue weighted by atomic mass is 16.3. The summed E-state index contributed by atoms with van der Waals surface area (Å²) in [6.45, 7) is 3.58. The van der Waals surface area contributed by atoms with Crippen LogP contribution < -0.4 is 0 Å². The molecule has 0 unspecified atom stereocenters. The second-order valence-corrected chi connectivity index (χ2v) is 4.62. The van der Waals surface area contributed by atoms with Gasteiger partial charge in [0.05, 0.1) is 0 Å². The molecule has 0 saturated heterocycles. The molecule has 0 spiro atoms. The number of fused-ring (bicyclic) bond motifs is 1. The molecule has 0 bridgehead atoms. The number of unbranched alkanes of at least 4 members (excludes halogenated alkanes) is 1. The first-order chi connectivity index (χ1) is 8.56. The van der Waals surface area contributed by atoms with E-state index in [0.29, 0.717) is 11.1 Å². The minimum Gasteiger partial charge on any atom is -0.504 e. The molecule has 0 aliphatic heterocycles. The summed E-state index contributed by atoms with van der Waals surface area (Å²) in [4.78, 5) is 23.9. The predicted octanol–water partition coefficient (Wildman–Crippen LogP) is 3.24. The van der Waals surface area contributed by atoms with E-state index in [1.165, 1.54) is 6.92 Å². The van der Waals surface area contributed by atoms with Gasteiger partial charge in [0.15, 0.2) is 11.5 Å². The molecule has 3 nitrogen and oxygen atoms in total. The average Bonchev–Trinajstić information content (AvgIpc) is 2.40. The molecule has 2 rings (SSSR count). The number of carbonyl (C=O) groups is 2. The van der Waals surface area contributed by atoms with Gasteiger partial charge in [0.1, 0.15) is 0 Å². The Morgan fingerprint density at radius 2 is 1.83 bits per heavy atom. The highest BCUT2D eigenvalue weighted by Crippen LogP contribution is 2.26. The van der Waals surface area contributed by atoms with Crippen LogP contribution in [0.2, 0.25) is 0 Å². The Morgan fingerprint density at radius 1 is 1.11 bits per heavy atom. The van der Waals surface area contributed by atoms with Gasteiger partial charge >= 0.3 is 0 Å². The van der Waals surface area contributed by atoms with E-state index in [0.717, 1.165) is 24.8 Å². The lowest BCUT2D eigenvalue weighted by Crippen LogP contribution is -2.21. The molecule has 18 heavy (non-hydrogen) atoms. The van der Waals surface area contributed by atoms with Crippen LogP contribution in [-0.2, 0) is 6.42 Å². The topological polar surface area (TPSA) is 54.4 Å². The molecule has 1 aliphatic rings. The number of aliphatic hydroxyl groups excluding tert-OH is 1. The lowest BCUT2D eigenvalue weighted by Gasteiger charge is -2.16. The number of Topliss-reactive ketones (excluding diaryl/α,β-unsaturated/α-hetero) is 2. The maximum Gasteiger partial charge on any atom is 0.228 e. The first kappa shape index (κ1) is 12.6. The molecule has 0 heterocycles. The first-order valence-corrected chi connectivity index (χ1v) is 6.18. The summed E-state index contributed by atoms with van der Waals surface area (Å²) in [5, 5.41) is 9.64. The molecular formula is C15H16O3. The zero-order valence-corrected chi connectivity index (χ0v) is 10.6. The molecule has 0 aromatic heterocycles. The van der Waals surface area contributed by atoms with Gasteiger partial charge in [0.2, 0.25) is 5.78 Å². The van der Waals surface area contributed by atoms with Crippen LogP contribution in [0, 0.1) is 0 Å². The third-order valence-electron chi connectivity index (χ3n) is 3.30. The number of hydrogen-bond donors (Lipinski definition) is 1. The number of aliphatic hydroxyl groups is 1. The smallest absolute Gasteiger partial charge is 0.228 e. The SMILES string of the molecule is CCCCc1ccc2c(c1)C(=O)C(O)=C(C)C2=O. The Bertz CT molecular complexity index is 553. The van der Waals surface area contributed by atoms with Crippen LogP contribution in [0.4, 0.5) is 0 Å². The summed E-state index contributed by atoms with van der Waals surface area (Å²) >= 11 is 0. The van der Waals surface area contributed by atoms with Gasteiger partial charge in [-0.1, -0.05) is 25.5 Å². The van der Waals surface area contributed by atoms with E-state index in [9.17, 15) is 14.7 Å². The Kier molecular flexibility index (Phi) is 3.32. The van der Waals surface area contributed by atoms with E-state index in [-0.39, 0.29) is 11.4 Å². The quantitative estimate of drug-likeness (QED) is 0.888. The summed E-state index contributed by atoms with van der Waals surface area (Å²) in [6.07, 6.45) is 3.00. The van der Waals surface area contributed by atoms with Crippen molar-refractivity contribution >= 4 is 11.6 Å². The molecule has 0 atom stereocenters. The fourth-order valence-electron chi connectivity index (χ4n) is 2.12. The molecule has 0 fully saturated rings. The molecule has 94 valence electrons. The number of aryl methyl sites for hydroxylation is 1. The molecule has 0 radical (unpaired) electrons. The zero-order chi connectivity index (χ0) is 13.3. The third kappa shape index (κ3) is 1.96. The number of hydrogen-bond acceptors (Lipinski definition) is 3. The van der Waals surface area contributed by atoms with Gasteiger partial charge in [-0.3, -0.25) is 9.59 Å². The van der Waals surface area contributed by atoms with Crippen molar-refractivity contribution in [2.24, 2.45) is 0 Å². The number of allylic oxidation sites excluding steroid dienone is 2. The number of carbonyl (C=O) groups excluding carboxylic acids is 2. The highest BCUT2D eigenvalue weighted by Gasteiger charge is 2.29. The van der Waals surface area contributed by atoms with Crippen molar-refractivity contribution in [2.45, 2.75) is 33.1 Å². The van der Waals surface area contributed by atoms with Crippen molar-refractivity contribution < 1.29 is 14.7 Å². The van der Waals surface area contributed by atoms with Gasteiger partial charge < -0.3 is 5.11 Å². The van der Waals surface area contributed by atoms with Crippen LogP contribution in [0.15, 0.2) is 29.5 Å². The molecule has 0 amide bonds. The Morgan fingerprint density at radius 3 is 2.50 bits per heavy atom. The van der Waals surface area contributed by atoms with Crippen LogP contribution in [0.3, 0.4) is 0 Å². The van der Waals surface area contributed by atoms with E-state index >= 15 is 0 Å². The summed E-state index contributed by atoms with van der Waals surface area (Å²) in [5.74, 6) is -1.12. The van der Waals surface area contributed by atoms with Gasteiger partial charge in [-0.2, -0.15) is 0 Å². The van der Waals surface area contributed by atoms with E-state index < -0.39 is 11.5 Å². The fraction of sp³-hybridized carbons (Fsp3) is 0.333. The number of ketones is 2. The molecule has 1 N–H and O–H groups in total. The van der Waals surface area contributed by atoms with Crippen molar-refractivity contribution in [3.63, 3.8) is 0 Å². The summed E-state index contributed by atoms with van der Waals surface area (Å²) in [6, 6.07) is 5.31. The Balaban J connectivity index is 2.45. The van der Waals surface area contributed by atoms with Gasteiger partial charge in [0.25, 0.3) is 0 Å². The van der Waals surface area contributed by atoms with Gasteiger partial charge in [-0.25, -0.2) is 0 Å². The molecule has 0 saturated carbocycles. The normalized spacial score (nSPS) is 15.0. The minimum atomic E-state index is -0.444. The molecule has 1 aliphatic carbocycles. The van der Waals surface area contributed by atoms with Crippen molar-refractivity contribution in [1.29, 1.82) is 0 Å². The van der Waals surface area contributed by atoms with E-state index in [4.69, 9.17) is 0 Å². The second kappa shape index (κ2) is 4.77. The number of rotatable bonds is 3. The zero-order valence-electron chi connectivity index (χ0n) is 10.6. The predicted molar refractivity (Wildman–Crippen MR) is 69.0 cm³/mol. The van der Waals surface area contributed by atoms with Gasteiger partial charge in [0, 0.05) is 16.7 Å². The monoisotopic (exact) mass is 244 g/mol. The standard InChI is InChI=1S/C15H16O3/c1-3-4-5-10-6-7-11-12(8-10)15(18)14(17)9(2)13(11)16/h6-8,17H,3-5H2,1-2H3. The van der Waals surface area contributed by atoms with E-state index in [2.05, 4.69) is 6.92 Å². The summed E-state index contributed by atoms with van der Waals surface area (Å²) < 4.78 is 0. The van der Waals surface area contributed by atoms with Crippen molar-refractivity contribution in [3.8, 4) is 0 Å². The largest absolute Gasteiger partial charge is 0.504 e. The maximum atomic E-state index is 11.9. The molecular weight excluding hydrogens is 228 g/mol. The molecule has 1 aromatic rings. The van der Waals surface area contributed by atoms with Gasteiger partial charge in [-0.15, -0.1) is 0 Å². The van der Waals surface area contributed by atoms with Crippen molar-refractivity contribution in [3.05, 3.63) is 46.2 Å². The van der Waals surface area contributed by atoms with Crippen LogP contribution in [0.5, 0.6) is 0 Å². The van der Waals surface area contributed by atoms with Crippen molar-refractivity contribution in [1.82, 2.24) is 0 Å². The average molecular weight is 244 g/mol. The molecule has 3 heteroatoms. The molecule has 1 aromatic carbocycles. The van der Waals surface area contributed by atoms with Crippen LogP contribution >= 0.6 is 0 Å². The fourth-order valence-corrected chi connectivity index (χ4v) is 2.12.